The maximum atomic E-state index is 4.39. The molecule has 0 amide bonds. The fourth-order valence-electron chi connectivity index (χ4n) is 1.55. The highest BCUT2D eigenvalue weighted by molar-refractivity contribution is 6.07. The molecule has 0 heterocycles. The predicted molar refractivity (Wildman–Crippen MR) is 83.8 cm³/mol. The molecule has 0 unspecified atom stereocenters. The van der Waals surface area contributed by atoms with Crippen molar-refractivity contribution in [3.05, 3.63) is 74.0 Å². The highest BCUT2D eigenvalue weighted by Gasteiger charge is 2.22. The van der Waals surface area contributed by atoms with Crippen LogP contribution in [0, 0.1) is 5.41 Å². The van der Waals surface area contributed by atoms with Crippen molar-refractivity contribution in [2.75, 3.05) is 0 Å². The third kappa shape index (κ3) is 4.54. The number of nitrogens with zero attached hydrogens (tertiary/aromatic N) is 1. The molecule has 0 N–H and O–H groups in total. The van der Waals surface area contributed by atoms with E-state index in [2.05, 4.69) is 52.1 Å². The number of hydrogen-bond acceptors (Lipinski definition) is 1. The highest BCUT2D eigenvalue weighted by Crippen LogP contribution is 2.25. The van der Waals surface area contributed by atoms with Gasteiger partial charge in [-0.25, -0.2) is 0 Å². The predicted octanol–water partition coefficient (Wildman–Crippen LogP) is 5.03. The molecule has 0 spiro atoms. The Bertz CT molecular complexity index is 423. The molecule has 0 aliphatic rings. The standard InChI is InChI=1S/C17H23N/c1-8-12-13-14(9-2)15(10-3)16(18-11-4)17(5,6)7/h8-13H,1-4H2,5-7H3/b13-12-,15-14+,18-16?. The normalized spacial score (nSPS) is 14.1. The van der Waals surface area contributed by atoms with E-state index < -0.39 is 0 Å². The SMILES string of the molecule is C=C/C=C\C(C=C)=C(/C=C)C(=NC=C)C(C)(C)C. The summed E-state index contributed by atoms with van der Waals surface area (Å²) in [6.45, 7) is 21.4. The van der Waals surface area contributed by atoms with Gasteiger partial charge in [0.2, 0.25) is 0 Å². The third-order valence-electron chi connectivity index (χ3n) is 2.33. The summed E-state index contributed by atoms with van der Waals surface area (Å²) in [7, 11) is 0. The van der Waals surface area contributed by atoms with Crippen molar-refractivity contribution in [2.45, 2.75) is 20.8 Å². The van der Waals surface area contributed by atoms with Gasteiger partial charge in [-0.05, 0) is 5.57 Å². The van der Waals surface area contributed by atoms with Crippen molar-refractivity contribution in [1.29, 1.82) is 0 Å². The van der Waals surface area contributed by atoms with Gasteiger partial charge in [-0.1, -0.05) is 77.5 Å². The van der Waals surface area contributed by atoms with Gasteiger partial charge >= 0.3 is 0 Å². The fraction of sp³-hybridized carbons (Fsp3) is 0.235. The van der Waals surface area contributed by atoms with E-state index in [0.29, 0.717) is 0 Å². The molecule has 0 aliphatic heterocycles. The lowest BCUT2D eigenvalue weighted by Crippen LogP contribution is -2.22. The molecular formula is C17H23N. The van der Waals surface area contributed by atoms with Crippen molar-refractivity contribution < 1.29 is 0 Å². The van der Waals surface area contributed by atoms with Gasteiger partial charge in [0.05, 0.1) is 5.71 Å². The zero-order chi connectivity index (χ0) is 14.2. The Labute approximate surface area is 111 Å². The molecule has 1 nitrogen and oxygen atoms in total. The van der Waals surface area contributed by atoms with Crippen LogP contribution in [0.4, 0.5) is 0 Å². The molecule has 0 bridgehead atoms. The van der Waals surface area contributed by atoms with Gasteiger partial charge in [0.25, 0.3) is 0 Å². The smallest absolute Gasteiger partial charge is 0.0534 e. The summed E-state index contributed by atoms with van der Waals surface area (Å²) in [5.74, 6) is 0. The van der Waals surface area contributed by atoms with Crippen LogP contribution in [-0.2, 0) is 0 Å². The molecule has 96 valence electrons. The van der Waals surface area contributed by atoms with Crippen LogP contribution in [0.5, 0.6) is 0 Å². The summed E-state index contributed by atoms with van der Waals surface area (Å²) in [6, 6.07) is 0. The second-order valence-corrected chi connectivity index (χ2v) is 4.78. The van der Waals surface area contributed by atoms with E-state index in [0.717, 1.165) is 16.9 Å². The Morgan fingerprint density at radius 1 is 1.00 bits per heavy atom. The van der Waals surface area contributed by atoms with Crippen molar-refractivity contribution >= 4 is 5.71 Å². The maximum absolute atomic E-state index is 4.39. The number of allylic oxidation sites excluding steroid dienone is 7. The highest BCUT2D eigenvalue weighted by atomic mass is 14.7. The van der Waals surface area contributed by atoms with Crippen LogP contribution in [0.15, 0.2) is 79.0 Å². The molecule has 0 aromatic heterocycles. The van der Waals surface area contributed by atoms with Crippen molar-refractivity contribution in [3.8, 4) is 0 Å². The first-order valence-electron chi connectivity index (χ1n) is 5.90. The van der Waals surface area contributed by atoms with E-state index >= 15 is 0 Å². The minimum Gasteiger partial charge on any atom is -0.261 e. The maximum Gasteiger partial charge on any atom is 0.0534 e. The summed E-state index contributed by atoms with van der Waals surface area (Å²) in [6.07, 6.45) is 10.7. The average Bonchev–Trinajstić information content (AvgIpc) is 2.31. The summed E-state index contributed by atoms with van der Waals surface area (Å²) in [5, 5.41) is 0. The lowest BCUT2D eigenvalue weighted by molar-refractivity contribution is 0.592. The molecule has 0 aliphatic carbocycles. The average molecular weight is 241 g/mol. The van der Waals surface area contributed by atoms with E-state index in [1.807, 2.05) is 12.2 Å². The van der Waals surface area contributed by atoms with Gasteiger partial charge in [-0.2, -0.15) is 0 Å². The molecule has 0 aromatic rings. The lowest BCUT2D eigenvalue weighted by Gasteiger charge is -2.23. The molecule has 0 rings (SSSR count). The van der Waals surface area contributed by atoms with Crippen LogP contribution < -0.4 is 0 Å². The lowest BCUT2D eigenvalue weighted by atomic mass is 9.83. The van der Waals surface area contributed by atoms with Gasteiger partial charge in [0.15, 0.2) is 0 Å². The van der Waals surface area contributed by atoms with Crippen LogP contribution in [0.2, 0.25) is 0 Å². The summed E-state index contributed by atoms with van der Waals surface area (Å²) in [5.41, 5.74) is 2.79. The topological polar surface area (TPSA) is 12.4 Å². The van der Waals surface area contributed by atoms with Crippen molar-refractivity contribution in [2.24, 2.45) is 10.4 Å². The van der Waals surface area contributed by atoms with Gasteiger partial charge in [0.1, 0.15) is 0 Å². The Kier molecular flexibility index (Phi) is 6.66. The van der Waals surface area contributed by atoms with Crippen LogP contribution in [0.3, 0.4) is 0 Å². The summed E-state index contributed by atoms with van der Waals surface area (Å²) >= 11 is 0. The van der Waals surface area contributed by atoms with Crippen LogP contribution in [0.25, 0.3) is 0 Å². The molecule has 1 heteroatoms. The Morgan fingerprint density at radius 3 is 1.94 bits per heavy atom. The van der Waals surface area contributed by atoms with Crippen LogP contribution in [-0.4, -0.2) is 5.71 Å². The molecule has 0 saturated carbocycles. The number of hydrogen-bond donors (Lipinski definition) is 0. The Hall–Kier alpha value is -1.89. The number of rotatable bonds is 6. The second kappa shape index (κ2) is 7.44. The molecule has 18 heavy (non-hydrogen) atoms. The van der Waals surface area contributed by atoms with E-state index in [9.17, 15) is 0 Å². The van der Waals surface area contributed by atoms with E-state index in [-0.39, 0.29) is 5.41 Å². The molecule has 0 aromatic carbocycles. The second-order valence-electron chi connectivity index (χ2n) is 4.78. The first-order valence-corrected chi connectivity index (χ1v) is 5.90. The Morgan fingerprint density at radius 2 is 1.61 bits per heavy atom. The molecular weight excluding hydrogens is 218 g/mol. The van der Waals surface area contributed by atoms with Gasteiger partial charge in [-0.15, -0.1) is 0 Å². The minimum absolute atomic E-state index is 0.0893. The van der Waals surface area contributed by atoms with Crippen molar-refractivity contribution in [3.63, 3.8) is 0 Å². The van der Waals surface area contributed by atoms with Gasteiger partial charge in [0, 0.05) is 17.2 Å². The third-order valence-corrected chi connectivity index (χ3v) is 2.33. The molecule has 0 radical (unpaired) electrons. The van der Waals surface area contributed by atoms with Gasteiger partial charge < -0.3 is 0 Å². The molecule has 0 atom stereocenters. The molecule has 0 saturated heterocycles. The van der Waals surface area contributed by atoms with Crippen LogP contribution in [0.1, 0.15) is 20.8 Å². The van der Waals surface area contributed by atoms with Crippen molar-refractivity contribution in [1.82, 2.24) is 0 Å². The van der Waals surface area contributed by atoms with E-state index in [1.54, 1.807) is 24.4 Å². The first kappa shape index (κ1) is 16.1. The van der Waals surface area contributed by atoms with Crippen LogP contribution >= 0.6 is 0 Å². The summed E-state index contributed by atoms with van der Waals surface area (Å²) in [4.78, 5) is 4.39. The largest absolute Gasteiger partial charge is 0.261 e. The zero-order valence-electron chi connectivity index (χ0n) is 11.7. The summed E-state index contributed by atoms with van der Waals surface area (Å²) < 4.78 is 0. The quantitative estimate of drug-likeness (QED) is 0.457. The Balaban J connectivity index is 5.98. The fourth-order valence-corrected chi connectivity index (χ4v) is 1.55. The number of aliphatic imine (C=N–C) groups is 1. The van der Waals surface area contributed by atoms with E-state index in [1.165, 1.54) is 0 Å². The van der Waals surface area contributed by atoms with E-state index in [4.69, 9.17) is 0 Å². The zero-order valence-corrected chi connectivity index (χ0v) is 11.7. The first-order chi connectivity index (χ1) is 8.42. The van der Waals surface area contributed by atoms with Gasteiger partial charge in [-0.3, -0.25) is 4.99 Å². The molecule has 0 fully saturated rings. The monoisotopic (exact) mass is 241 g/mol. The minimum atomic E-state index is -0.0893.